The summed E-state index contributed by atoms with van der Waals surface area (Å²) in [5, 5.41) is 6.62. The van der Waals surface area contributed by atoms with Gasteiger partial charge in [0.05, 0.1) is 11.8 Å². The summed E-state index contributed by atoms with van der Waals surface area (Å²) in [5.74, 6) is 0.515. The Kier molecular flexibility index (Phi) is 16.7. The van der Waals surface area contributed by atoms with Crippen LogP contribution >= 0.6 is 0 Å². The minimum Gasteiger partial charge on any atom is -0.487 e. The van der Waals surface area contributed by atoms with Gasteiger partial charge in [0, 0.05) is 13.1 Å². The van der Waals surface area contributed by atoms with Crippen LogP contribution in [-0.2, 0) is 26.0 Å². The number of nitrogens with one attached hydrogen (secondary N) is 2. The molecule has 0 bridgehead atoms. The molecule has 4 aromatic carbocycles. The highest BCUT2D eigenvalue weighted by Crippen LogP contribution is 2.44. The Bertz CT molecular complexity index is 1790. The maximum atomic E-state index is 13.4. The summed E-state index contributed by atoms with van der Waals surface area (Å²) in [7, 11) is -2.09. The minimum atomic E-state index is -2.09. The average molecular weight is 805 g/mol. The molecule has 1 saturated heterocycles. The van der Waals surface area contributed by atoms with E-state index in [2.05, 4.69) is 79.7 Å². The number of rotatable bonds is 24. The third-order valence-corrected chi connectivity index (χ3v) is 16.9. The van der Waals surface area contributed by atoms with Crippen molar-refractivity contribution < 1.29 is 18.8 Å². The molecule has 0 unspecified atom stereocenters. The first kappa shape index (κ1) is 44.8. The van der Waals surface area contributed by atoms with Crippen molar-refractivity contribution in [1.82, 2.24) is 10.2 Å². The topological polar surface area (TPSA) is 106 Å². The van der Waals surface area contributed by atoms with Gasteiger partial charge in [-0.2, -0.15) is 0 Å². The highest BCUT2D eigenvalue weighted by molar-refractivity contribution is 6.74. The molecule has 9 heteroatoms. The van der Waals surface area contributed by atoms with Crippen LogP contribution in [0.1, 0.15) is 100 Å². The van der Waals surface area contributed by atoms with Crippen LogP contribution in [0.25, 0.3) is 0 Å². The van der Waals surface area contributed by atoms with Crippen LogP contribution in [0.3, 0.4) is 0 Å². The van der Waals surface area contributed by atoms with E-state index in [-0.39, 0.29) is 23.0 Å². The number of benzene rings is 4. The number of carbonyl (C=O) groups is 2. The molecule has 2 amide bonds. The van der Waals surface area contributed by atoms with E-state index in [9.17, 15) is 9.59 Å². The second-order valence-electron chi connectivity index (χ2n) is 17.5. The van der Waals surface area contributed by atoms with Gasteiger partial charge in [-0.1, -0.05) is 150 Å². The molecule has 0 radical (unpaired) electrons. The SMILES string of the molecule is CC(C)(C)[Si](C)(C)O[C@H](CNCCCCCCCCCN1CC[C@@H](C(C(N)=O)(c2ccccc2)c2ccccc2)C1)c1ccc(OCc2ccccc2)c(NC=O)c1. The van der Waals surface area contributed by atoms with E-state index in [1.807, 2.05) is 78.9 Å². The van der Waals surface area contributed by atoms with E-state index in [4.69, 9.17) is 14.9 Å². The van der Waals surface area contributed by atoms with Crippen LogP contribution in [0, 0.1) is 5.92 Å². The normalized spacial score (nSPS) is 15.6. The van der Waals surface area contributed by atoms with E-state index >= 15 is 0 Å². The zero-order valence-electron chi connectivity index (χ0n) is 35.7. The molecule has 312 valence electrons. The first-order valence-corrected chi connectivity index (χ1v) is 24.4. The summed E-state index contributed by atoms with van der Waals surface area (Å²) in [6.07, 6.45) is 9.96. The van der Waals surface area contributed by atoms with E-state index in [0.29, 0.717) is 31.0 Å². The lowest BCUT2D eigenvalue weighted by Crippen LogP contribution is -2.49. The number of unbranched alkanes of at least 4 members (excludes halogenated alkanes) is 6. The number of carbonyl (C=O) groups excluding carboxylic acids is 2. The van der Waals surface area contributed by atoms with Gasteiger partial charge in [-0.15, -0.1) is 0 Å². The van der Waals surface area contributed by atoms with Gasteiger partial charge < -0.3 is 30.4 Å². The van der Waals surface area contributed by atoms with Crippen LogP contribution in [0.5, 0.6) is 5.75 Å². The van der Waals surface area contributed by atoms with Crippen molar-refractivity contribution in [3.63, 3.8) is 0 Å². The quantitative estimate of drug-likeness (QED) is 0.0370. The third kappa shape index (κ3) is 11.9. The third-order valence-electron chi connectivity index (χ3n) is 12.5. The lowest BCUT2D eigenvalue weighted by atomic mass is 9.64. The van der Waals surface area contributed by atoms with Crippen molar-refractivity contribution in [2.45, 2.75) is 108 Å². The van der Waals surface area contributed by atoms with Crippen LogP contribution < -0.4 is 21.1 Å². The molecule has 5 rings (SSSR count). The van der Waals surface area contributed by atoms with Gasteiger partial charge >= 0.3 is 0 Å². The Morgan fingerprint density at radius 2 is 1.43 bits per heavy atom. The number of nitrogens with zero attached hydrogens (tertiary/aromatic N) is 1. The second kappa shape index (κ2) is 21.6. The largest absolute Gasteiger partial charge is 0.487 e. The van der Waals surface area contributed by atoms with E-state index in [1.165, 1.54) is 38.5 Å². The molecule has 0 spiro atoms. The summed E-state index contributed by atoms with van der Waals surface area (Å²) >= 11 is 0. The van der Waals surface area contributed by atoms with Crippen LogP contribution in [0.2, 0.25) is 18.1 Å². The van der Waals surface area contributed by atoms with Gasteiger partial charge in [0.1, 0.15) is 17.8 Å². The van der Waals surface area contributed by atoms with E-state index in [1.54, 1.807) is 0 Å². The van der Waals surface area contributed by atoms with Gasteiger partial charge in [-0.3, -0.25) is 9.59 Å². The molecular weight excluding hydrogens is 737 g/mol. The molecule has 2 atom stereocenters. The maximum absolute atomic E-state index is 13.4. The fourth-order valence-electron chi connectivity index (χ4n) is 8.16. The minimum absolute atomic E-state index is 0.0618. The number of ether oxygens (including phenoxy) is 1. The number of amides is 2. The molecule has 4 aromatic rings. The summed E-state index contributed by atoms with van der Waals surface area (Å²) in [6, 6.07) is 36.3. The molecule has 1 aliphatic rings. The Morgan fingerprint density at radius 1 is 0.845 bits per heavy atom. The fraction of sp³-hybridized carbons (Fsp3) is 0.469. The number of anilines is 1. The summed E-state index contributed by atoms with van der Waals surface area (Å²) < 4.78 is 13.1. The zero-order valence-corrected chi connectivity index (χ0v) is 36.7. The average Bonchev–Trinajstić information content (AvgIpc) is 3.69. The van der Waals surface area contributed by atoms with Crippen molar-refractivity contribution in [1.29, 1.82) is 0 Å². The van der Waals surface area contributed by atoms with Crippen LogP contribution in [0.4, 0.5) is 5.69 Å². The van der Waals surface area contributed by atoms with Crippen LogP contribution in [0.15, 0.2) is 109 Å². The smallest absolute Gasteiger partial charge is 0.232 e. The summed E-state index contributed by atoms with van der Waals surface area (Å²) in [4.78, 5) is 27.5. The first-order valence-electron chi connectivity index (χ1n) is 21.5. The zero-order chi connectivity index (χ0) is 41.4. The van der Waals surface area contributed by atoms with Gasteiger partial charge in [-0.05, 0) is 97.3 Å². The molecule has 1 aliphatic heterocycles. The molecule has 1 heterocycles. The van der Waals surface area contributed by atoms with E-state index in [0.717, 1.165) is 61.3 Å². The standard InChI is InChI=1S/C49H68N4O4Si/c1-48(2,3)58(4,5)57-46(40-28-29-45(44(34-40)52-38-54)56-37-39-22-14-11-15-23-39)35-51-31-20-9-7-6-8-10-21-32-53-33-30-43(36-53)49(47(50)55,41-24-16-12-17-25-41)42-26-18-13-19-27-42/h11-19,22-29,34,38,43,46,51H,6-10,20-21,30-33,35-37H2,1-5H3,(H2,50,55)(H,52,54)/t43-,46-/m1/s1. The molecule has 58 heavy (non-hydrogen) atoms. The molecule has 0 aromatic heterocycles. The summed E-state index contributed by atoms with van der Waals surface area (Å²) in [5.41, 5.74) is 10.2. The lowest BCUT2D eigenvalue weighted by molar-refractivity contribution is -0.123. The highest BCUT2D eigenvalue weighted by Gasteiger charge is 2.49. The van der Waals surface area contributed by atoms with Gasteiger partial charge in [-0.25, -0.2) is 0 Å². The fourth-order valence-corrected chi connectivity index (χ4v) is 9.45. The van der Waals surface area contributed by atoms with Crippen molar-refractivity contribution in [2.24, 2.45) is 11.7 Å². The molecule has 4 N–H and O–H groups in total. The monoisotopic (exact) mass is 805 g/mol. The molecule has 1 fully saturated rings. The number of nitrogens with two attached hydrogens (primary N) is 1. The van der Waals surface area contributed by atoms with Crippen molar-refractivity contribution in [3.8, 4) is 5.75 Å². The maximum Gasteiger partial charge on any atom is 0.232 e. The van der Waals surface area contributed by atoms with Gasteiger partial charge in [0.2, 0.25) is 12.3 Å². The molecule has 0 saturated carbocycles. The number of primary amides is 1. The Morgan fingerprint density at radius 3 is 2.02 bits per heavy atom. The predicted molar refractivity (Wildman–Crippen MR) is 241 cm³/mol. The van der Waals surface area contributed by atoms with E-state index < -0.39 is 13.7 Å². The Labute approximate surface area is 349 Å². The van der Waals surface area contributed by atoms with Crippen molar-refractivity contribution in [2.75, 3.05) is 38.0 Å². The molecule has 0 aliphatic carbocycles. The van der Waals surface area contributed by atoms with Crippen molar-refractivity contribution in [3.05, 3.63) is 131 Å². The second-order valence-corrected chi connectivity index (χ2v) is 22.3. The van der Waals surface area contributed by atoms with Crippen LogP contribution in [-0.4, -0.2) is 58.3 Å². The predicted octanol–water partition coefficient (Wildman–Crippen LogP) is 10.0. The first-order chi connectivity index (χ1) is 28.0. The van der Waals surface area contributed by atoms with Gasteiger partial charge in [0.25, 0.3) is 0 Å². The highest BCUT2D eigenvalue weighted by atomic mass is 28.4. The lowest BCUT2D eigenvalue weighted by Gasteiger charge is -2.39. The van der Waals surface area contributed by atoms with Gasteiger partial charge in [0.15, 0.2) is 8.32 Å². The number of hydrogen-bond donors (Lipinski definition) is 3. The number of hydrogen-bond acceptors (Lipinski definition) is 6. The number of likely N-dealkylation sites (tertiary alicyclic amines) is 1. The summed E-state index contributed by atoms with van der Waals surface area (Å²) in [6.45, 7) is 16.4. The Balaban J connectivity index is 1.04. The Hall–Kier alpha value is -4.28. The molecule has 8 nitrogen and oxygen atoms in total. The van der Waals surface area contributed by atoms with Crippen molar-refractivity contribution >= 4 is 26.3 Å². The molecular formula is C49H68N4O4Si.